The Labute approximate surface area is 303 Å². The number of para-hydroxylation sites is 2. The maximum Gasteiger partial charge on any atom is 0.401 e. The fraction of sp³-hybridized carbons (Fsp3) is 0.595. The first-order chi connectivity index (χ1) is 24.2. The topological polar surface area (TPSA) is 79.4 Å². The lowest BCUT2D eigenvalue weighted by molar-refractivity contribution is -0.146. The zero-order chi connectivity index (χ0) is 36.5. The zero-order valence-corrected chi connectivity index (χ0v) is 30.4. The second-order valence-corrected chi connectivity index (χ2v) is 16.5. The van der Waals surface area contributed by atoms with Crippen LogP contribution in [0.25, 0.3) is 0 Å². The van der Waals surface area contributed by atoms with Crippen molar-refractivity contribution in [2.75, 3.05) is 69.1 Å². The summed E-state index contributed by atoms with van der Waals surface area (Å²) >= 11 is 1.35. The largest absolute Gasteiger partial charge is 0.401 e. The minimum Gasteiger partial charge on any atom is -0.366 e. The summed E-state index contributed by atoms with van der Waals surface area (Å²) < 4.78 is 54.8. The molecule has 51 heavy (non-hydrogen) atoms. The molecule has 0 aromatic heterocycles. The van der Waals surface area contributed by atoms with Crippen molar-refractivity contribution < 1.29 is 33.4 Å². The number of anilines is 2. The maximum absolute atomic E-state index is 15.7. The molecule has 2 unspecified atom stereocenters. The number of nitrogens with zero attached hydrogens (tertiary/aromatic N) is 5. The summed E-state index contributed by atoms with van der Waals surface area (Å²) in [6, 6.07) is 12.4. The minimum atomic E-state index is -4.31. The summed E-state index contributed by atoms with van der Waals surface area (Å²) in [6.45, 7) is 7.97. The number of piperazine rings is 1. The first kappa shape index (κ1) is 37.2. The van der Waals surface area contributed by atoms with E-state index in [9.17, 15) is 27.6 Å². The quantitative estimate of drug-likeness (QED) is 0.308. The molecule has 3 saturated heterocycles. The van der Waals surface area contributed by atoms with Gasteiger partial charge in [0.2, 0.25) is 11.8 Å². The first-order valence-electron chi connectivity index (χ1n) is 17.9. The summed E-state index contributed by atoms with van der Waals surface area (Å²) in [5.41, 5.74) is 2.76. The van der Waals surface area contributed by atoms with Crippen molar-refractivity contribution in [1.29, 1.82) is 0 Å². The smallest absolute Gasteiger partial charge is 0.366 e. The minimum absolute atomic E-state index is 0. The van der Waals surface area contributed by atoms with Gasteiger partial charge in [-0.25, -0.2) is 9.18 Å². The number of halogens is 4. The van der Waals surface area contributed by atoms with Gasteiger partial charge < -0.3 is 24.9 Å². The molecule has 0 bridgehead atoms. The van der Waals surface area contributed by atoms with Crippen LogP contribution in [-0.2, 0) is 16.0 Å². The van der Waals surface area contributed by atoms with E-state index >= 15 is 4.39 Å². The molecular weight excluding hydrogens is 685 g/mol. The van der Waals surface area contributed by atoms with Crippen LogP contribution < -0.4 is 10.2 Å². The molecule has 9 nitrogen and oxygen atoms in total. The van der Waals surface area contributed by atoms with Gasteiger partial charge in [-0.05, 0) is 48.8 Å². The summed E-state index contributed by atoms with van der Waals surface area (Å²) in [7, 11) is 0. The van der Waals surface area contributed by atoms with Crippen LogP contribution in [0.1, 0.15) is 64.4 Å². The Hall–Kier alpha value is -3.52. The van der Waals surface area contributed by atoms with E-state index in [1.165, 1.54) is 22.7 Å². The number of hydrogen-bond donors (Lipinski definition) is 1. The summed E-state index contributed by atoms with van der Waals surface area (Å²) in [4.78, 5) is 49.4. The Morgan fingerprint density at radius 1 is 0.941 bits per heavy atom. The number of thioether (sulfide) groups is 1. The lowest BCUT2D eigenvalue weighted by atomic mass is 9.92. The van der Waals surface area contributed by atoms with E-state index in [1.54, 1.807) is 26.8 Å². The van der Waals surface area contributed by atoms with Crippen molar-refractivity contribution in [2.45, 2.75) is 75.7 Å². The van der Waals surface area contributed by atoms with Crippen molar-refractivity contribution >= 4 is 41.0 Å². The fourth-order valence-electron chi connectivity index (χ4n) is 7.55. The third-order valence-corrected chi connectivity index (χ3v) is 11.8. The molecule has 3 fully saturated rings. The van der Waals surface area contributed by atoms with Crippen LogP contribution in [0.2, 0.25) is 0 Å². The third-order valence-electron chi connectivity index (χ3n) is 10.4. The van der Waals surface area contributed by atoms with E-state index in [0.717, 1.165) is 17.7 Å². The summed E-state index contributed by atoms with van der Waals surface area (Å²) in [5, 5.41) is 1.82. The van der Waals surface area contributed by atoms with Crippen molar-refractivity contribution in [3.63, 3.8) is 0 Å². The predicted molar refractivity (Wildman–Crippen MR) is 193 cm³/mol. The summed E-state index contributed by atoms with van der Waals surface area (Å²) in [6.07, 6.45) is -1.56. The number of nitrogens with one attached hydrogen (secondary N) is 1. The number of rotatable bonds is 8. The molecule has 2 aromatic carbocycles. The lowest BCUT2D eigenvalue weighted by Gasteiger charge is -2.38. The normalized spacial score (nSPS) is 22.6. The average molecular weight is 735 g/mol. The van der Waals surface area contributed by atoms with E-state index in [1.807, 2.05) is 29.2 Å². The molecule has 4 amide bonds. The van der Waals surface area contributed by atoms with E-state index < -0.39 is 29.2 Å². The highest BCUT2D eigenvalue weighted by Gasteiger charge is 2.45. The Bertz CT molecular complexity index is 1590. The van der Waals surface area contributed by atoms with E-state index in [2.05, 4.69) is 26.1 Å². The number of fused-ring (bicyclic) bond motifs is 1. The van der Waals surface area contributed by atoms with Gasteiger partial charge in [0.05, 0.1) is 17.5 Å². The molecule has 1 N–H and O–H groups in total. The number of carbonyl (C=O) groups is 3. The van der Waals surface area contributed by atoms with Gasteiger partial charge in [-0.1, -0.05) is 51.1 Å². The number of alkyl halides is 3. The second kappa shape index (κ2) is 15.2. The van der Waals surface area contributed by atoms with Gasteiger partial charge in [-0.2, -0.15) is 13.2 Å². The Morgan fingerprint density at radius 2 is 1.65 bits per heavy atom. The van der Waals surface area contributed by atoms with E-state index in [-0.39, 0.29) is 63.3 Å². The van der Waals surface area contributed by atoms with Crippen LogP contribution >= 0.6 is 11.8 Å². The Kier molecular flexibility index (Phi) is 11.1. The van der Waals surface area contributed by atoms with Crippen molar-refractivity contribution in [3.05, 3.63) is 59.4 Å². The van der Waals surface area contributed by atoms with Crippen LogP contribution in [0.4, 0.5) is 33.7 Å². The van der Waals surface area contributed by atoms with Crippen LogP contribution in [0.5, 0.6) is 0 Å². The molecule has 2 atom stereocenters. The van der Waals surface area contributed by atoms with Crippen LogP contribution in [0, 0.1) is 11.2 Å². The molecule has 4 aliphatic rings. The number of hydrogen-bond acceptors (Lipinski definition) is 6. The highest BCUT2D eigenvalue weighted by molar-refractivity contribution is 8.01. The van der Waals surface area contributed by atoms with Gasteiger partial charge in [-0.3, -0.25) is 14.5 Å². The number of likely N-dealkylation sites (tertiary alicyclic amines) is 1. The molecule has 4 aliphatic heterocycles. The maximum atomic E-state index is 15.7. The lowest BCUT2D eigenvalue weighted by Crippen LogP contribution is -2.50. The highest BCUT2D eigenvalue weighted by atomic mass is 32.2. The number of urea groups is 1. The van der Waals surface area contributed by atoms with Crippen molar-refractivity contribution in [2.24, 2.45) is 5.41 Å². The van der Waals surface area contributed by atoms with Gasteiger partial charge in [0, 0.05) is 77.5 Å². The molecule has 0 radical (unpaired) electrons. The fourth-order valence-corrected chi connectivity index (χ4v) is 9.04. The SMILES string of the molecule is CC(C)(C)CCN1C(=O)C(CC(=O)N2CCC(N3CCc4ccccc4NC3=O)CC2)SC1c1cccc(F)c1N1CCN(CC(F)(F)F)CC1.[HH]. The number of carbonyl (C=O) groups excluding carboxylic acids is 3. The van der Waals surface area contributed by atoms with Crippen LogP contribution in [0.3, 0.4) is 0 Å². The molecule has 6 rings (SSSR count). The highest BCUT2D eigenvalue weighted by Crippen LogP contribution is 2.48. The molecular formula is C37H50F4N6O3S. The average Bonchev–Trinajstić information content (AvgIpc) is 3.26. The number of piperidine rings is 1. The standard InChI is InChI=1S/C37H48F4N6O3S.H2/c1-36(2,3)14-18-47-33(49)30(51-34(47)27-8-6-9-28(38)32(27)45-21-19-43(20-22-45)24-37(39,40)41)23-31(48)44-15-12-26(13-16-44)46-17-11-25-7-4-5-10-29(25)42-35(46)50;/h4-10,26,30,34H,11-24H2,1-3H3,(H,42,50);1H. The van der Waals surface area contributed by atoms with Crippen LogP contribution in [0.15, 0.2) is 42.5 Å². The molecule has 0 aliphatic carbocycles. The van der Waals surface area contributed by atoms with Gasteiger partial charge in [0.1, 0.15) is 11.2 Å². The van der Waals surface area contributed by atoms with Gasteiger partial charge in [-0.15, -0.1) is 11.8 Å². The first-order valence-corrected chi connectivity index (χ1v) is 18.8. The molecule has 0 spiro atoms. The molecule has 2 aromatic rings. The van der Waals surface area contributed by atoms with Crippen LogP contribution in [-0.4, -0.2) is 114 Å². The number of amides is 4. The molecule has 14 heteroatoms. The van der Waals surface area contributed by atoms with E-state index in [0.29, 0.717) is 56.7 Å². The number of benzene rings is 2. The Morgan fingerprint density at radius 3 is 2.33 bits per heavy atom. The van der Waals surface area contributed by atoms with Gasteiger partial charge in [0.15, 0.2) is 0 Å². The Balaban J connectivity index is 0.00000523. The van der Waals surface area contributed by atoms with E-state index in [4.69, 9.17) is 0 Å². The monoisotopic (exact) mass is 734 g/mol. The second-order valence-electron chi connectivity index (χ2n) is 15.2. The van der Waals surface area contributed by atoms with Gasteiger partial charge in [0.25, 0.3) is 0 Å². The molecule has 4 heterocycles. The van der Waals surface area contributed by atoms with Crippen molar-refractivity contribution in [3.8, 4) is 0 Å². The molecule has 0 saturated carbocycles. The predicted octanol–water partition coefficient (Wildman–Crippen LogP) is 6.61. The molecule has 280 valence electrons. The van der Waals surface area contributed by atoms with Gasteiger partial charge >= 0.3 is 12.2 Å². The zero-order valence-electron chi connectivity index (χ0n) is 29.6. The summed E-state index contributed by atoms with van der Waals surface area (Å²) in [5.74, 6) is -0.767. The third kappa shape index (κ3) is 8.93. The van der Waals surface area contributed by atoms with Crippen molar-refractivity contribution in [1.82, 2.24) is 19.6 Å².